The SMILES string of the molecule is CCCc1c(CNCC(F)F)csc1CC. The molecule has 1 N–H and O–H groups in total. The van der Waals surface area contributed by atoms with E-state index in [1.165, 1.54) is 16.0 Å². The third kappa shape index (κ3) is 3.83. The number of nitrogens with one attached hydrogen (secondary N) is 1. The van der Waals surface area contributed by atoms with Crippen LogP contribution in [0.25, 0.3) is 0 Å². The standard InChI is InChI=1S/C12H19F2NS/c1-3-5-10-9(6-15-7-12(13)14)8-16-11(10)4-2/h8,12,15H,3-7H2,1-2H3. The molecule has 0 saturated heterocycles. The second-order valence-electron chi connectivity index (χ2n) is 3.79. The fourth-order valence-corrected chi connectivity index (χ4v) is 2.83. The molecule has 92 valence electrons. The van der Waals surface area contributed by atoms with E-state index in [0.29, 0.717) is 6.54 Å². The van der Waals surface area contributed by atoms with Crippen LogP contribution in [0.1, 0.15) is 36.3 Å². The van der Waals surface area contributed by atoms with Gasteiger partial charge in [0, 0.05) is 11.4 Å². The summed E-state index contributed by atoms with van der Waals surface area (Å²) in [5, 5.41) is 4.89. The lowest BCUT2D eigenvalue weighted by Gasteiger charge is -2.07. The Morgan fingerprint density at radius 1 is 1.38 bits per heavy atom. The first-order valence-corrected chi connectivity index (χ1v) is 6.63. The Bertz CT molecular complexity index is 310. The molecule has 0 aliphatic carbocycles. The second kappa shape index (κ2) is 6.97. The van der Waals surface area contributed by atoms with E-state index in [9.17, 15) is 8.78 Å². The van der Waals surface area contributed by atoms with Crippen molar-refractivity contribution in [2.75, 3.05) is 6.54 Å². The zero-order valence-electron chi connectivity index (χ0n) is 9.85. The largest absolute Gasteiger partial charge is 0.307 e. The number of aryl methyl sites for hydroxylation is 1. The van der Waals surface area contributed by atoms with E-state index >= 15 is 0 Å². The van der Waals surface area contributed by atoms with Crippen molar-refractivity contribution in [1.29, 1.82) is 0 Å². The van der Waals surface area contributed by atoms with Gasteiger partial charge in [0.05, 0.1) is 6.54 Å². The minimum atomic E-state index is -2.26. The number of hydrogen-bond acceptors (Lipinski definition) is 2. The summed E-state index contributed by atoms with van der Waals surface area (Å²) in [4.78, 5) is 1.40. The Hall–Kier alpha value is -0.480. The average Bonchev–Trinajstić information content (AvgIpc) is 2.61. The molecule has 0 unspecified atom stereocenters. The van der Waals surface area contributed by atoms with Crippen LogP contribution in [0, 0.1) is 0 Å². The molecule has 0 aromatic carbocycles. The molecule has 0 amide bonds. The molecular weight excluding hydrogens is 228 g/mol. The van der Waals surface area contributed by atoms with E-state index in [2.05, 4.69) is 24.5 Å². The van der Waals surface area contributed by atoms with Crippen LogP contribution in [-0.4, -0.2) is 13.0 Å². The highest BCUT2D eigenvalue weighted by Crippen LogP contribution is 2.24. The van der Waals surface area contributed by atoms with Crippen molar-refractivity contribution in [3.63, 3.8) is 0 Å². The maximum absolute atomic E-state index is 12.0. The highest BCUT2D eigenvalue weighted by molar-refractivity contribution is 7.10. The molecular formula is C12H19F2NS. The van der Waals surface area contributed by atoms with Crippen LogP contribution in [0.2, 0.25) is 0 Å². The fraction of sp³-hybridized carbons (Fsp3) is 0.667. The monoisotopic (exact) mass is 247 g/mol. The fourth-order valence-electron chi connectivity index (χ4n) is 1.77. The lowest BCUT2D eigenvalue weighted by Crippen LogP contribution is -2.20. The van der Waals surface area contributed by atoms with Crippen LogP contribution in [0.15, 0.2) is 5.38 Å². The normalized spacial score (nSPS) is 11.3. The van der Waals surface area contributed by atoms with Crippen molar-refractivity contribution in [2.24, 2.45) is 0 Å². The van der Waals surface area contributed by atoms with Gasteiger partial charge in [0.15, 0.2) is 0 Å². The molecule has 1 heterocycles. The minimum absolute atomic E-state index is 0.219. The molecule has 1 nitrogen and oxygen atoms in total. The number of hydrogen-bond donors (Lipinski definition) is 1. The van der Waals surface area contributed by atoms with Gasteiger partial charge in [0.25, 0.3) is 6.43 Å². The van der Waals surface area contributed by atoms with Crippen molar-refractivity contribution in [3.05, 3.63) is 21.4 Å². The van der Waals surface area contributed by atoms with Crippen molar-refractivity contribution in [3.8, 4) is 0 Å². The van der Waals surface area contributed by atoms with Gasteiger partial charge >= 0.3 is 0 Å². The summed E-state index contributed by atoms with van der Waals surface area (Å²) in [5.74, 6) is 0. The molecule has 1 aromatic heterocycles. The molecule has 0 spiro atoms. The first-order chi connectivity index (χ1) is 7.69. The predicted octanol–water partition coefficient (Wildman–Crippen LogP) is 3.62. The molecule has 0 radical (unpaired) electrons. The Labute approximate surface area is 99.9 Å². The Morgan fingerprint density at radius 2 is 2.12 bits per heavy atom. The number of rotatable bonds is 7. The van der Waals surface area contributed by atoms with Crippen LogP contribution in [0.3, 0.4) is 0 Å². The molecule has 0 fully saturated rings. The lowest BCUT2D eigenvalue weighted by molar-refractivity contribution is 0.145. The topological polar surface area (TPSA) is 12.0 Å². The zero-order valence-corrected chi connectivity index (χ0v) is 10.7. The van der Waals surface area contributed by atoms with E-state index in [-0.39, 0.29) is 6.54 Å². The minimum Gasteiger partial charge on any atom is -0.307 e. The zero-order chi connectivity index (χ0) is 12.0. The molecule has 4 heteroatoms. The van der Waals surface area contributed by atoms with Crippen LogP contribution < -0.4 is 5.32 Å². The van der Waals surface area contributed by atoms with Gasteiger partial charge in [-0.2, -0.15) is 0 Å². The summed E-state index contributed by atoms with van der Waals surface area (Å²) in [6.45, 7) is 4.63. The van der Waals surface area contributed by atoms with Crippen LogP contribution >= 0.6 is 11.3 Å². The molecule has 0 aliphatic rings. The van der Waals surface area contributed by atoms with E-state index in [0.717, 1.165) is 19.3 Å². The van der Waals surface area contributed by atoms with Crippen LogP contribution in [0.4, 0.5) is 8.78 Å². The van der Waals surface area contributed by atoms with Gasteiger partial charge < -0.3 is 5.32 Å². The third-order valence-corrected chi connectivity index (χ3v) is 3.72. The van der Waals surface area contributed by atoms with E-state index < -0.39 is 6.43 Å². The molecule has 1 aromatic rings. The first-order valence-electron chi connectivity index (χ1n) is 5.76. The summed E-state index contributed by atoms with van der Waals surface area (Å²) in [7, 11) is 0. The van der Waals surface area contributed by atoms with Crippen molar-refractivity contribution < 1.29 is 8.78 Å². The average molecular weight is 247 g/mol. The third-order valence-electron chi connectivity index (χ3n) is 2.50. The van der Waals surface area contributed by atoms with Gasteiger partial charge in [0.2, 0.25) is 0 Å². The summed E-state index contributed by atoms with van der Waals surface area (Å²) < 4.78 is 24.0. The highest BCUT2D eigenvalue weighted by atomic mass is 32.1. The van der Waals surface area contributed by atoms with Crippen LogP contribution in [-0.2, 0) is 19.4 Å². The van der Waals surface area contributed by atoms with Crippen molar-refractivity contribution in [2.45, 2.75) is 46.1 Å². The van der Waals surface area contributed by atoms with E-state index in [1.54, 1.807) is 11.3 Å². The summed E-state index contributed by atoms with van der Waals surface area (Å²) in [5.41, 5.74) is 2.57. The van der Waals surface area contributed by atoms with Crippen LogP contribution in [0.5, 0.6) is 0 Å². The number of alkyl halides is 2. The Balaban J connectivity index is 2.60. The van der Waals surface area contributed by atoms with Gasteiger partial charge in [-0.25, -0.2) is 8.78 Å². The molecule has 16 heavy (non-hydrogen) atoms. The summed E-state index contributed by atoms with van der Waals surface area (Å²) >= 11 is 1.75. The lowest BCUT2D eigenvalue weighted by atomic mass is 10.0. The van der Waals surface area contributed by atoms with Gasteiger partial charge in [-0.1, -0.05) is 20.3 Å². The van der Waals surface area contributed by atoms with Gasteiger partial charge in [-0.05, 0) is 29.3 Å². The quantitative estimate of drug-likeness (QED) is 0.776. The molecule has 0 aliphatic heterocycles. The number of halogens is 2. The second-order valence-corrected chi connectivity index (χ2v) is 4.75. The van der Waals surface area contributed by atoms with Gasteiger partial charge in [-0.15, -0.1) is 11.3 Å². The molecule has 1 rings (SSSR count). The van der Waals surface area contributed by atoms with E-state index in [1.807, 2.05) is 0 Å². The Kier molecular flexibility index (Phi) is 5.91. The van der Waals surface area contributed by atoms with E-state index in [4.69, 9.17) is 0 Å². The first kappa shape index (κ1) is 13.6. The van der Waals surface area contributed by atoms with Gasteiger partial charge in [-0.3, -0.25) is 0 Å². The van der Waals surface area contributed by atoms with Gasteiger partial charge in [0.1, 0.15) is 0 Å². The molecule has 0 bridgehead atoms. The maximum atomic E-state index is 12.0. The predicted molar refractivity (Wildman–Crippen MR) is 65.4 cm³/mol. The van der Waals surface area contributed by atoms with Crippen molar-refractivity contribution in [1.82, 2.24) is 5.32 Å². The number of thiophene rings is 1. The highest BCUT2D eigenvalue weighted by Gasteiger charge is 2.10. The summed E-state index contributed by atoms with van der Waals surface area (Å²) in [6, 6.07) is 0. The Morgan fingerprint density at radius 3 is 2.69 bits per heavy atom. The molecule has 0 atom stereocenters. The van der Waals surface area contributed by atoms with Crippen molar-refractivity contribution >= 4 is 11.3 Å². The summed E-state index contributed by atoms with van der Waals surface area (Å²) in [6.07, 6.45) is 0.928. The smallest absolute Gasteiger partial charge is 0.250 e. The maximum Gasteiger partial charge on any atom is 0.250 e. The molecule has 0 saturated carbocycles.